The predicted octanol–water partition coefficient (Wildman–Crippen LogP) is 4.66. The van der Waals surface area contributed by atoms with Gasteiger partial charge in [-0.1, -0.05) is 31.4 Å². The molecule has 1 aromatic rings. The van der Waals surface area contributed by atoms with Crippen molar-refractivity contribution in [1.82, 2.24) is 4.90 Å². The number of piperidine rings is 1. The normalized spacial score (nSPS) is 22.9. The number of para-hydroxylation sites is 1. The second kappa shape index (κ2) is 6.95. The van der Waals surface area contributed by atoms with Gasteiger partial charge in [-0.25, -0.2) is 0 Å². The SMILES string of the molecule is Brc1ccccc1NC1CCN(C2CCCCC2)CC1. The Kier molecular flexibility index (Phi) is 5.00. The zero-order chi connectivity index (χ0) is 13.8. The summed E-state index contributed by atoms with van der Waals surface area (Å²) in [6.45, 7) is 2.54. The van der Waals surface area contributed by atoms with E-state index in [1.165, 1.54) is 68.2 Å². The quantitative estimate of drug-likeness (QED) is 0.863. The van der Waals surface area contributed by atoms with Crippen LogP contribution in [0.2, 0.25) is 0 Å². The van der Waals surface area contributed by atoms with E-state index in [0.717, 1.165) is 6.04 Å². The monoisotopic (exact) mass is 336 g/mol. The largest absolute Gasteiger partial charge is 0.381 e. The van der Waals surface area contributed by atoms with E-state index >= 15 is 0 Å². The summed E-state index contributed by atoms with van der Waals surface area (Å²) in [5.74, 6) is 0. The van der Waals surface area contributed by atoms with Crippen molar-refractivity contribution in [2.45, 2.75) is 57.0 Å². The van der Waals surface area contributed by atoms with Gasteiger partial charge in [-0.3, -0.25) is 0 Å². The van der Waals surface area contributed by atoms with Gasteiger partial charge < -0.3 is 10.2 Å². The Morgan fingerprint density at radius 2 is 1.65 bits per heavy atom. The molecular formula is C17H25BrN2. The number of halogens is 1. The van der Waals surface area contributed by atoms with Crippen molar-refractivity contribution in [2.24, 2.45) is 0 Å². The third-order valence-electron chi connectivity index (χ3n) is 4.85. The number of likely N-dealkylation sites (tertiary alicyclic amines) is 1. The Morgan fingerprint density at radius 3 is 2.35 bits per heavy atom. The number of hydrogen-bond acceptors (Lipinski definition) is 2. The average Bonchev–Trinajstić information content (AvgIpc) is 2.51. The third kappa shape index (κ3) is 3.56. The van der Waals surface area contributed by atoms with Gasteiger partial charge in [-0.05, 0) is 53.7 Å². The van der Waals surface area contributed by atoms with Crippen molar-refractivity contribution in [3.63, 3.8) is 0 Å². The Morgan fingerprint density at radius 1 is 0.950 bits per heavy atom. The van der Waals surface area contributed by atoms with Gasteiger partial charge in [-0.15, -0.1) is 0 Å². The molecule has 0 radical (unpaired) electrons. The van der Waals surface area contributed by atoms with Gasteiger partial charge in [0.25, 0.3) is 0 Å². The Labute approximate surface area is 131 Å². The van der Waals surface area contributed by atoms with Gasteiger partial charge >= 0.3 is 0 Å². The Bertz CT molecular complexity index is 421. The van der Waals surface area contributed by atoms with Crippen molar-refractivity contribution < 1.29 is 0 Å². The van der Waals surface area contributed by atoms with Crippen LogP contribution in [0.1, 0.15) is 44.9 Å². The zero-order valence-electron chi connectivity index (χ0n) is 12.2. The average molecular weight is 337 g/mol. The van der Waals surface area contributed by atoms with Crippen molar-refractivity contribution in [3.8, 4) is 0 Å². The van der Waals surface area contributed by atoms with Gasteiger partial charge in [0.05, 0.1) is 0 Å². The molecular weight excluding hydrogens is 312 g/mol. The first-order chi connectivity index (χ1) is 9.83. The van der Waals surface area contributed by atoms with Gasteiger partial charge in [0.15, 0.2) is 0 Å². The highest BCUT2D eigenvalue weighted by Gasteiger charge is 2.26. The lowest BCUT2D eigenvalue weighted by atomic mass is 9.92. The Balaban J connectivity index is 1.50. The molecule has 20 heavy (non-hydrogen) atoms. The summed E-state index contributed by atoms with van der Waals surface area (Å²) in [6, 6.07) is 9.96. The fourth-order valence-corrected chi connectivity index (χ4v) is 4.05. The summed E-state index contributed by atoms with van der Waals surface area (Å²) < 4.78 is 1.18. The predicted molar refractivity (Wildman–Crippen MR) is 89.2 cm³/mol. The van der Waals surface area contributed by atoms with Gasteiger partial charge in [-0.2, -0.15) is 0 Å². The first-order valence-electron chi connectivity index (χ1n) is 8.08. The first kappa shape index (κ1) is 14.4. The third-order valence-corrected chi connectivity index (χ3v) is 5.55. The molecule has 0 bridgehead atoms. The van der Waals surface area contributed by atoms with Crippen LogP contribution in [0, 0.1) is 0 Å². The molecule has 3 rings (SSSR count). The molecule has 1 N–H and O–H groups in total. The molecule has 1 aromatic carbocycles. The smallest absolute Gasteiger partial charge is 0.0486 e. The van der Waals surface area contributed by atoms with Crippen LogP contribution < -0.4 is 5.32 Å². The maximum Gasteiger partial charge on any atom is 0.0486 e. The molecule has 2 fully saturated rings. The molecule has 1 heterocycles. The minimum absolute atomic E-state index is 0.633. The van der Waals surface area contributed by atoms with Crippen LogP contribution in [0.25, 0.3) is 0 Å². The number of anilines is 1. The Hall–Kier alpha value is -0.540. The number of nitrogens with one attached hydrogen (secondary N) is 1. The van der Waals surface area contributed by atoms with Crippen LogP contribution in [0.3, 0.4) is 0 Å². The van der Waals surface area contributed by atoms with E-state index in [0.29, 0.717) is 6.04 Å². The van der Waals surface area contributed by atoms with E-state index in [-0.39, 0.29) is 0 Å². The summed E-state index contributed by atoms with van der Waals surface area (Å²) in [5, 5.41) is 3.70. The van der Waals surface area contributed by atoms with E-state index in [9.17, 15) is 0 Å². The van der Waals surface area contributed by atoms with E-state index < -0.39 is 0 Å². The standard InChI is InChI=1S/C17H25BrN2/c18-16-8-4-5-9-17(16)19-14-10-12-20(13-11-14)15-6-2-1-3-7-15/h4-5,8-9,14-15,19H,1-3,6-7,10-13H2. The summed E-state index contributed by atoms with van der Waals surface area (Å²) in [5.41, 5.74) is 1.24. The second-order valence-corrected chi connectivity index (χ2v) is 7.08. The maximum absolute atomic E-state index is 3.70. The van der Waals surface area contributed by atoms with Gasteiger partial charge in [0.1, 0.15) is 0 Å². The highest BCUT2D eigenvalue weighted by atomic mass is 79.9. The van der Waals surface area contributed by atoms with Crippen molar-refractivity contribution in [2.75, 3.05) is 18.4 Å². The van der Waals surface area contributed by atoms with Crippen molar-refractivity contribution in [3.05, 3.63) is 28.7 Å². The minimum Gasteiger partial charge on any atom is -0.381 e. The molecule has 1 saturated heterocycles. The van der Waals surface area contributed by atoms with E-state index in [1.807, 2.05) is 0 Å². The van der Waals surface area contributed by atoms with E-state index in [2.05, 4.69) is 50.4 Å². The molecule has 1 saturated carbocycles. The molecule has 2 nitrogen and oxygen atoms in total. The molecule has 1 aliphatic heterocycles. The molecule has 1 aliphatic carbocycles. The van der Waals surface area contributed by atoms with Crippen LogP contribution in [-0.2, 0) is 0 Å². The second-order valence-electron chi connectivity index (χ2n) is 6.23. The van der Waals surface area contributed by atoms with Crippen LogP contribution in [0.15, 0.2) is 28.7 Å². The molecule has 2 aliphatic rings. The maximum atomic E-state index is 3.70. The molecule has 3 heteroatoms. The number of hydrogen-bond donors (Lipinski definition) is 1. The van der Waals surface area contributed by atoms with E-state index in [4.69, 9.17) is 0 Å². The highest BCUT2D eigenvalue weighted by molar-refractivity contribution is 9.10. The highest BCUT2D eigenvalue weighted by Crippen LogP contribution is 2.28. The van der Waals surface area contributed by atoms with Crippen LogP contribution in [-0.4, -0.2) is 30.1 Å². The van der Waals surface area contributed by atoms with Gasteiger partial charge in [0.2, 0.25) is 0 Å². The number of rotatable bonds is 3. The molecule has 0 spiro atoms. The summed E-state index contributed by atoms with van der Waals surface area (Å²) in [4.78, 5) is 2.75. The van der Waals surface area contributed by atoms with E-state index in [1.54, 1.807) is 0 Å². The van der Waals surface area contributed by atoms with Gasteiger partial charge in [0, 0.05) is 35.3 Å². The van der Waals surface area contributed by atoms with Crippen LogP contribution in [0.4, 0.5) is 5.69 Å². The topological polar surface area (TPSA) is 15.3 Å². The summed E-state index contributed by atoms with van der Waals surface area (Å²) in [6.07, 6.45) is 9.76. The lowest BCUT2D eigenvalue weighted by Gasteiger charge is -2.39. The number of nitrogens with zero attached hydrogens (tertiary/aromatic N) is 1. The molecule has 110 valence electrons. The first-order valence-corrected chi connectivity index (χ1v) is 8.87. The van der Waals surface area contributed by atoms with Crippen LogP contribution >= 0.6 is 15.9 Å². The zero-order valence-corrected chi connectivity index (χ0v) is 13.7. The van der Waals surface area contributed by atoms with Crippen molar-refractivity contribution in [1.29, 1.82) is 0 Å². The molecule has 0 atom stereocenters. The minimum atomic E-state index is 0.633. The summed E-state index contributed by atoms with van der Waals surface area (Å²) in [7, 11) is 0. The lowest BCUT2D eigenvalue weighted by molar-refractivity contribution is 0.126. The summed E-state index contributed by atoms with van der Waals surface area (Å²) >= 11 is 3.62. The molecule has 0 aromatic heterocycles. The van der Waals surface area contributed by atoms with Crippen molar-refractivity contribution >= 4 is 21.6 Å². The van der Waals surface area contributed by atoms with Crippen LogP contribution in [0.5, 0.6) is 0 Å². The fraction of sp³-hybridized carbons (Fsp3) is 0.647. The number of benzene rings is 1. The molecule has 0 unspecified atom stereocenters. The fourth-order valence-electron chi connectivity index (χ4n) is 3.65. The lowest BCUT2D eigenvalue weighted by Crippen LogP contribution is -2.45. The molecule has 0 amide bonds.